The third-order valence-electron chi connectivity index (χ3n) is 6.79. The first kappa shape index (κ1) is 24.6. The van der Waals surface area contributed by atoms with Crippen LogP contribution in [-0.4, -0.2) is 41.8 Å². The molecule has 0 unspecified atom stereocenters. The number of nitrogens with zero attached hydrogens (tertiary/aromatic N) is 4. The van der Waals surface area contributed by atoms with Crippen LogP contribution in [0.4, 0.5) is 5.69 Å². The molecule has 6 heterocycles. The summed E-state index contributed by atoms with van der Waals surface area (Å²) >= 11 is 1.46. The summed E-state index contributed by atoms with van der Waals surface area (Å²) in [5.41, 5.74) is 6.75. The molecular weight excluding hydrogens is 534 g/mol. The number of fused-ring (bicyclic) bond motifs is 2. The number of benzene rings is 1. The summed E-state index contributed by atoms with van der Waals surface area (Å²) in [7, 11) is 0. The van der Waals surface area contributed by atoms with Gasteiger partial charge < -0.3 is 10.3 Å². The summed E-state index contributed by atoms with van der Waals surface area (Å²) in [5, 5.41) is 12.4. The lowest BCUT2D eigenvalue weighted by atomic mass is 10.1. The predicted molar refractivity (Wildman–Crippen MR) is 160 cm³/mol. The number of hydrogen-bond acceptors (Lipinski definition) is 7. The topological polar surface area (TPSA) is 129 Å². The van der Waals surface area contributed by atoms with Gasteiger partial charge in [-0.15, -0.1) is 11.3 Å². The Bertz CT molecular complexity index is 2090. The number of aromatic amines is 2. The minimum Gasteiger partial charge on any atom is -0.352 e. The van der Waals surface area contributed by atoms with Gasteiger partial charge in [-0.05, 0) is 49.4 Å². The van der Waals surface area contributed by atoms with Gasteiger partial charge in [0, 0.05) is 44.7 Å². The molecule has 1 aromatic carbocycles. The molecule has 0 saturated heterocycles. The molecule has 0 bridgehead atoms. The van der Waals surface area contributed by atoms with E-state index in [0.29, 0.717) is 21.8 Å². The highest BCUT2D eigenvalue weighted by atomic mass is 32.1. The van der Waals surface area contributed by atoms with Gasteiger partial charge in [0.15, 0.2) is 5.78 Å². The average molecular weight is 556 g/mol. The van der Waals surface area contributed by atoms with E-state index in [0.717, 1.165) is 49.2 Å². The SMILES string of the molecule is CC(=O)c1ccc(-c2cncc3[nH]c(-c4n[nH]c5cnc(-c6cncc(NC(=O)c7ccccc7)c6)cc45)cc23)s1. The summed E-state index contributed by atoms with van der Waals surface area (Å²) in [6, 6.07) is 18.7. The predicted octanol–water partition coefficient (Wildman–Crippen LogP) is 6.75. The van der Waals surface area contributed by atoms with Crippen LogP contribution < -0.4 is 5.32 Å². The van der Waals surface area contributed by atoms with Crippen molar-refractivity contribution in [2.24, 2.45) is 0 Å². The van der Waals surface area contributed by atoms with E-state index in [2.05, 4.69) is 41.5 Å². The number of pyridine rings is 3. The van der Waals surface area contributed by atoms with E-state index >= 15 is 0 Å². The van der Waals surface area contributed by atoms with Crippen molar-refractivity contribution in [2.75, 3.05) is 5.32 Å². The van der Waals surface area contributed by atoms with E-state index in [1.54, 1.807) is 43.8 Å². The number of ketones is 1. The number of anilines is 1. The van der Waals surface area contributed by atoms with Crippen LogP contribution in [0.15, 0.2) is 91.6 Å². The smallest absolute Gasteiger partial charge is 0.255 e. The van der Waals surface area contributed by atoms with E-state index in [4.69, 9.17) is 0 Å². The lowest BCUT2D eigenvalue weighted by Crippen LogP contribution is -2.11. The summed E-state index contributed by atoms with van der Waals surface area (Å²) in [6.45, 7) is 1.57. The van der Waals surface area contributed by atoms with E-state index in [1.165, 1.54) is 11.3 Å². The number of carbonyl (C=O) groups is 2. The lowest BCUT2D eigenvalue weighted by molar-refractivity contribution is 0.101. The third kappa shape index (κ3) is 4.56. The molecule has 6 aromatic heterocycles. The molecule has 1 amide bonds. The lowest BCUT2D eigenvalue weighted by Gasteiger charge is -2.07. The quantitative estimate of drug-likeness (QED) is 0.195. The minimum absolute atomic E-state index is 0.0443. The Morgan fingerprint density at radius 1 is 0.854 bits per heavy atom. The van der Waals surface area contributed by atoms with Gasteiger partial charge in [0.1, 0.15) is 5.69 Å². The summed E-state index contributed by atoms with van der Waals surface area (Å²) in [6.07, 6.45) is 8.65. The van der Waals surface area contributed by atoms with Crippen LogP contribution in [0.1, 0.15) is 27.0 Å². The van der Waals surface area contributed by atoms with Crippen LogP contribution in [0.5, 0.6) is 0 Å². The molecule has 0 saturated carbocycles. The van der Waals surface area contributed by atoms with Crippen LogP contribution >= 0.6 is 11.3 Å². The molecule has 0 atom stereocenters. The summed E-state index contributed by atoms with van der Waals surface area (Å²) in [5.74, 6) is -0.166. The Hall–Kier alpha value is -5.48. The Morgan fingerprint density at radius 2 is 1.71 bits per heavy atom. The number of nitrogens with one attached hydrogen (secondary N) is 3. The minimum atomic E-state index is -0.210. The zero-order valence-electron chi connectivity index (χ0n) is 21.7. The number of hydrogen-bond donors (Lipinski definition) is 3. The van der Waals surface area contributed by atoms with Gasteiger partial charge in [0.2, 0.25) is 0 Å². The largest absolute Gasteiger partial charge is 0.352 e. The van der Waals surface area contributed by atoms with Crippen molar-refractivity contribution in [1.82, 2.24) is 30.1 Å². The molecule has 41 heavy (non-hydrogen) atoms. The molecule has 3 N–H and O–H groups in total. The fraction of sp³-hybridized carbons (Fsp3) is 0.0323. The van der Waals surface area contributed by atoms with Crippen LogP contribution in [0.25, 0.3) is 54.9 Å². The molecule has 0 aliphatic heterocycles. The Morgan fingerprint density at radius 3 is 2.54 bits per heavy atom. The monoisotopic (exact) mass is 555 g/mol. The second kappa shape index (κ2) is 9.92. The molecule has 7 rings (SSSR count). The van der Waals surface area contributed by atoms with E-state index in [9.17, 15) is 9.59 Å². The first-order valence-electron chi connectivity index (χ1n) is 12.8. The second-order valence-corrected chi connectivity index (χ2v) is 10.6. The molecule has 0 spiro atoms. The number of H-pyrrole nitrogens is 2. The van der Waals surface area contributed by atoms with Crippen LogP contribution in [0.3, 0.4) is 0 Å². The molecular formula is C31H21N7O2S. The standard InChI is InChI=1S/C31H21N7O2S/c1-17(39)28-7-8-29(41-28)23-14-33-15-26-21(23)10-25(36-26)30-22-11-24(34-16-27(22)37-38-30)19-9-20(13-32-12-19)35-31(40)18-5-3-2-4-6-18/h2-16,36H,1H3,(H,35,40)(H,37,38). The molecule has 198 valence electrons. The highest BCUT2D eigenvalue weighted by molar-refractivity contribution is 7.17. The van der Waals surface area contributed by atoms with Gasteiger partial charge in [0.25, 0.3) is 5.91 Å². The van der Waals surface area contributed by atoms with Gasteiger partial charge >= 0.3 is 0 Å². The molecule has 10 heteroatoms. The number of carbonyl (C=O) groups excluding carboxylic acids is 2. The van der Waals surface area contributed by atoms with Crippen molar-refractivity contribution in [1.29, 1.82) is 0 Å². The van der Waals surface area contributed by atoms with E-state index < -0.39 is 0 Å². The Labute approximate surface area is 237 Å². The van der Waals surface area contributed by atoms with Gasteiger partial charge in [0.05, 0.1) is 51.6 Å². The Balaban J connectivity index is 1.24. The van der Waals surface area contributed by atoms with Crippen LogP contribution in [0, 0.1) is 0 Å². The maximum Gasteiger partial charge on any atom is 0.255 e. The maximum atomic E-state index is 12.6. The molecule has 0 fully saturated rings. The fourth-order valence-electron chi connectivity index (χ4n) is 4.77. The maximum absolute atomic E-state index is 12.6. The van der Waals surface area contributed by atoms with Crippen LogP contribution in [0.2, 0.25) is 0 Å². The number of aromatic nitrogens is 6. The summed E-state index contributed by atoms with van der Waals surface area (Å²) < 4.78 is 0. The van der Waals surface area contributed by atoms with Crippen molar-refractivity contribution in [3.63, 3.8) is 0 Å². The van der Waals surface area contributed by atoms with Crippen molar-refractivity contribution < 1.29 is 9.59 Å². The zero-order valence-corrected chi connectivity index (χ0v) is 22.5. The normalized spacial score (nSPS) is 11.2. The van der Waals surface area contributed by atoms with Gasteiger partial charge in [-0.3, -0.25) is 29.6 Å². The highest BCUT2D eigenvalue weighted by Gasteiger charge is 2.17. The molecule has 0 radical (unpaired) electrons. The molecule has 0 aliphatic rings. The first-order valence-corrected chi connectivity index (χ1v) is 13.6. The molecule has 0 aliphatic carbocycles. The van der Waals surface area contributed by atoms with Gasteiger partial charge in [-0.1, -0.05) is 18.2 Å². The van der Waals surface area contributed by atoms with Crippen molar-refractivity contribution in [3.05, 3.63) is 102 Å². The van der Waals surface area contributed by atoms with Crippen molar-refractivity contribution in [3.8, 4) is 33.1 Å². The van der Waals surface area contributed by atoms with Crippen LogP contribution in [-0.2, 0) is 0 Å². The number of amides is 1. The first-order chi connectivity index (χ1) is 20.0. The van der Waals surface area contributed by atoms with Crippen molar-refractivity contribution >= 4 is 50.5 Å². The van der Waals surface area contributed by atoms with Crippen molar-refractivity contribution in [2.45, 2.75) is 6.92 Å². The summed E-state index contributed by atoms with van der Waals surface area (Å²) in [4.78, 5) is 43.0. The molecule has 7 aromatic rings. The number of thiophene rings is 1. The van der Waals surface area contributed by atoms with E-state index in [-0.39, 0.29) is 11.7 Å². The zero-order chi connectivity index (χ0) is 27.9. The third-order valence-corrected chi connectivity index (χ3v) is 8.01. The fourth-order valence-corrected chi connectivity index (χ4v) is 5.69. The van der Waals surface area contributed by atoms with E-state index in [1.807, 2.05) is 48.7 Å². The number of Topliss-reactive ketones (excluding diaryl/α,β-unsaturated/α-hetero) is 1. The second-order valence-electron chi connectivity index (χ2n) is 9.52. The Kier molecular flexibility index (Phi) is 5.94. The highest BCUT2D eigenvalue weighted by Crippen LogP contribution is 2.37. The van der Waals surface area contributed by atoms with Gasteiger partial charge in [-0.2, -0.15) is 5.10 Å². The molecule has 9 nitrogen and oxygen atoms in total. The number of rotatable bonds is 6. The average Bonchev–Trinajstić information content (AvgIpc) is 3.75. The van der Waals surface area contributed by atoms with Gasteiger partial charge in [-0.25, -0.2) is 0 Å².